The van der Waals surface area contributed by atoms with E-state index in [1.165, 1.54) is 12.8 Å². The number of hydrogen-bond donors (Lipinski definition) is 1. The van der Waals surface area contributed by atoms with E-state index in [9.17, 15) is 4.79 Å². The van der Waals surface area contributed by atoms with Crippen molar-refractivity contribution in [2.24, 2.45) is 0 Å². The van der Waals surface area contributed by atoms with Crippen molar-refractivity contribution in [1.29, 1.82) is 0 Å². The van der Waals surface area contributed by atoms with Gasteiger partial charge in [0, 0.05) is 25.6 Å². The van der Waals surface area contributed by atoms with Crippen molar-refractivity contribution in [3.05, 3.63) is 23.7 Å². The zero-order valence-electron chi connectivity index (χ0n) is 11.9. The molecule has 1 amide bonds. The van der Waals surface area contributed by atoms with E-state index in [2.05, 4.69) is 5.32 Å². The summed E-state index contributed by atoms with van der Waals surface area (Å²) in [6, 6.07) is 4.11. The van der Waals surface area contributed by atoms with E-state index in [0.717, 1.165) is 38.2 Å². The van der Waals surface area contributed by atoms with Crippen LogP contribution in [-0.2, 0) is 6.42 Å². The van der Waals surface area contributed by atoms with Gasteiger partial charge < -0.3 is 14.6 Å². The molecule has 4 nitrogen and oxygen atoms in total. The molecule has 0 aromatic carbocycles. The van der Waals surface area contributed by atoms with E-state index in [4.69, 9.17) is 4.42 Å². The van der Waals surface area contributed by atoms with Crippen LogP contribution >= 0.6 is 0 Å². The topological polar surface area (TPSA) is 45.5 Å². The highest BCUT2D eigenvalue weighted by Crippen LogP contribution is 2.14. The fourth-order valence-corrected chi connectivity index (χ4v) is 2.54. The Balaban J connectivity index is 1.97. The first-order chi connectivity index (χ1) is 9.24. The zero-order valence-corrected chi connectivity index (χ0v) is 11.9. The molecule has 0 radical (unpaired) electrons. The minimum Gasteiger partial charge on any atom is -0.456 e. The van der Waals surface area contributed by atoms with Gasteiger partial charge in [-0.3, -0.25) is 4.79 Å². The number of aryl methyl sites for hydroxylation is 1. The quantitative estimate of drug-likeness (QED) is 0.888. The Bertz CT molecular complexity index is 408. The lowest BCUT2D eigenvalue weighted by molar-refractivity contribution is 0.0708. The Morgan fingerprint density at radius 3 is 2.84 bits per heavy atom. The van der Waals surface area contributed by atoms with Crippen LogP contribution in [0.25, 0.3) is 0 Å². The third-order valence-corrected chi connectivity index (χ3v) is 3.74. The monoisotopic (exact) mass is 264 g/mol. The minimum absolute atomic E-state index is 0.00886. The molecule has 1 aromatic rings. The third-order valence-electron chi connectivity index (χ3n) is 3.74. The number of amides is 1. The van der Waals surface area contributed by atoms with Crippen molar-refractivity contribution in [1.82, 2.24) is 10.2 Å². The van der Waals surface area contributed by atoms with Gasteiger partial charge in [-0.25, -0.2) is 0 Å². The molecule has 1 atom stereocenters. The summed E-state index contributed by atoms with van der Waals surface area (Å²) in [6.07, 6.45) is 4.48. The Labute approximate surface area is 115 Å². The van der Waals surface area contributed by atoms with Gasteiger partial charge in [-0.05, 0) is 38.4 Å². The maximum absolute atomic E-state index is 12.4. The van der Waals surface area contributed by atoms with Crippen molar-refractivity contribution >= 4 is 5.91 Å². The van der Waals surface area contributed by atoms with Gasteiger partial charge in [0.05, 0.1) is 0 Å². The van der Waals surface area contributed by atoms with Crippen LogP contribution in [0.1, 0.15) is 49.4 Å². The number of carbonyl (C=O) groups excluding carboxylic acids is 1. The molecule has 106 valence electrons. The largest absolute Gasteiger partial charge is 0.456 e. The lowest BCUT2D eigenvalue weighted by atomic mass is 10.0. The molecule has 4 heteroatoms. The highest BCUT2D eigenvalue weighted by atomic mass is 16.4. The molecule has 1 aliphatic heterocycles. The van der Waals surface area contributed by atoms with Crippen LogP contribution in [0.15, 0.2) is 16.5 Å². The molecule has 19 heavy (non-hydrogen) atoms. The first-order valence-electron chi connectivity index (χ1n) is 7.36. The fraction of sp³-hybridized carbons (Fsp3) is 0.667. The average molecular weight is 264 g/mol. The van der Waals surface area contributed by atoms with Gasteiger partial charge in [0.1, 0.15) is 5.76 Å². The third kappa shape index (κ3) is 3.60. The Kier molecular flexibility index (Phi) is 5.02. The van der Waals surface area contributed by atoms with Gasteiger partial charge in [-0.2, -0.15) is 0 Å². The second kappa shape index (κ2) is 6.75. The summed E-state index contributed by atoms with van der Waals surface area (Å²) >= 11 is 0. The molecule has 1 saturated heterocycles. The number of furan rings is 1. The van der Waals surface area contributed by atoms with E-state index in [1.54, 1.807) is 6.07 Å². The highest BCUT2D eigenvalue weighted by Gasteiger charge is 2.22. The first-order valence-corrected chi connectivity index (χ1v) is 7.36. The Morgan fingerprint density at radius 1 is 1.42 bits per heavy atom. The van der Waals surface area contributed by atoms with Crippen LogP contribution in [0, 0.1) is 0 Å². The van der Waals surface area contributed by atoms with E-state index in [0.29, 0.717) is 11.8 Å². The molecular formula is C15H24N2O2. The normalized spacial score (nSPS) is 19.4. The van der Waals surface area contributed by atoms with E-state index in [-0.39, 0.29) is 5.91 Å². The first kappa shape index (κ1) is 14.1. The van der Waals surface area contributed by atoms with E-state index < -0.39 is 0 Å². The number of piperidine rings is 1. The maximum Gasteiger partial charge on any atom is 0.289 e. The molecule has 1 N–H and O–H groups in total. The van der Waals surface area contributed by atoms with Crippen molar-refractivity contribution in [3.8, 4) is 0 Å². The molecule has 0 spiro atoms. The average Bonchev–Trinajstić information content (AvgIpc) is 2.94. The smallest absolute Gasteiger partial charge is 0.289 e. The number of hydrogen-bond acceptors (Lipinski definition) is 3. The fourth-order valence-electron chi connectivity index (χ4n) is 2.54. The molecule has 1 unspecified atom stereocenters. The van der Waals surface area contributed by atoms with Crippen molar-refractivity contribution < 1.29 is 9.21 Å². The van der Waals surface area contributed by atoms with Gasteiger partial charge in [0.25, 0.3) is 5.91 Å². The lowest BCUT2D eigenvalue weighted by Crippen LogP contribution is -2.45. The van der Waals surface area contributed by atoms with Crippen LogP contribution in [-0.4, -0.2) is 36.5 Å². The SMILES string of the molecule is CCc1ccc(C(=O)N(CC)CC2CCCCN2)o1. The number of likely N-dealkylation sites (N-methyl/N-ethyl adjacent to an activating group) is 1. The zero-order chi connectivity index (χ0) is 13.7. The summed E-state index contributed by atoms with van der Waals surface area (Å²) in [5.41, 5.74) is 0. The maximum atomic E-state index is 12.4. The molecule has 0 saturated carbocycles. The number of rotatable bonds is 5. The summed E-state index contributed by atoms with van der Waals surface area (Å²) in [5, 5.41) is 3.48. The number of carbonyl (C=O) groups is 1. The van der Waals surface area contributed by atoms with Crippen LogP contribution in [0.3, 0.4) is 0 Å². The van der Waals surface area contributed by atoms with Crippen LogP contribution < -0.4 is 5.32 Å². The molecule has 1 aromatic heterocycles. The lowest BCUT2D eigenvalue weighted by Gasteiger charge is -2.29. The summed E-state index contributed by atoms with van der Waals surface area (Å²) < 4.78 is 5.55. The highest BCUT2D eigenvalue weighted by molar-refractivity contribution is 5.91. The van der Waals surface area contributed by atoms with Crippen molar-refractivity contribution in [2.45, 2.75) is 45.6 Å². The van der Waals surface area contributed by atoms with Gasteiger partial charge in [-0.1, -0.05) is 13.3 Å². The van der Waals surface area contributed by atoms with Crippen LogP contribution in [0.4, 0.5) is 0 Å². The summed E-state index contributed by atoms with van der Waals surface area (Å²) in [6.45, 7) is 6.61. The van der Waals surface area contributed by atoms with Crippen LogP contribution in [0.2, 0.25) is 0 Å². The number of nitrogens with one attached hydrogen (secondary N) is 1. The van der Waals surface area contributed by atoms with Crippen LogP contribution in [0.5, 0.6) is 0 Å². The second-order valence-electron chi connectivity index (χ2n) is 5.11. The Morgan fingerprint density at radius 2 is 2.26 bits per heavy atom. The van der Waals surface area contributed by atoms with E-state index >= 15 is 0 Å². The van der Waals surface area contributed by atoms with Gasteiger partial charge >= 0.3 is 0 Å². The summed E-state index contributed by atoms with van der Waals surface area (Å²) in [4.78, 5) is 14.3. The molecule has 2 heterocycles. The van der Waals surface area contributed by atoms with Crippen molar-refractivity contribution in [2.75, 3.05) is 19.6 Å². The Hall–Kier alpha value is -1.29. The predicted octanol–water partition coefficient (Wildman–Crippen LogP) is 2.45. The van der Waals surface area contributed by atoms with Gasteiger partial charge in [0.2, 0.25) is 0 Å². The number of nitrogens with zero attached hydrogens (tertiary/aromatic N) is 1. The molecule has 1 fully saturated rings. The molecule has 1 aliphatic rings. The molecule has 0 aliphatic carbocycles. The van der Waals surface area contributed by atoms with E-state index in [1.807, 2.05) is 24.8 Å². The molecule has 2 rings (SSSR count). The standard InChI is InChI=1S/C15H24N2O2/c1-3-13-8-9-14(19-13)15(18)17(4-2)11-12-7-5-6-10-16-12/h8-9,12,16H,3-7,10-11H2,1-2H3. The summed E-state index contributed by atoms with van der Waals surface area (Å²) in [7, 11) is 0. The minimum atomic E-state index is 0.00886. The molecular weight excluding hydrogens is 240 g/mol. The predicted molar refractivity (Wildman–Crippen MR) is 75.3 cm³/mol. The summed E-state index contributed by atoms with van der Waals surface area (Å²) in [5.74, 6) is 1.35. The van der Waals surface area contributed by atoms with Gasteiger partial charge in [0.15, 0.2) is 5.76 Å². The van der Waals surface area contributed by atoms with Gasteiger partial charge in [-0.15, -0.1) is 0 Å². The molecule has 0 bridgehead atoms. The van der Waals surface area contributed by atoms with Crippen molar-refractivity contribution in [3.63, 3.8) is 0 Å². The second-order valence-corrected chi connectivity index (χ2v) is 5.11.